The summed E-state index contributed by atoms with van der Waals surface area (Å²) in [5, 5.41) is 15.0. The van der Waals surface area contributed by atoms with Gasteiger partial charge in [0.2, 0.25) is 23.6 Å². The molecule has 4 rings (SSSR count). The second-order valence-corrected chi connectivity index (χ2v) is 11.1. The highest BCUT2D eigenvalue weighted by Gasteiger charge is 2.13. The normalized spacial score (nSPS) is 12.0. The summed E-state index contributed by atoms with van der Waals surface area (Å²) in [6, 6.07) is 19.8. The van der Waals surface area contributed by atoms with E-state index in [0.717, 1.165) is 5.75 Å². The summed E-state index contributed by atoms with van der Waals surface area (Å²) in [5.74, 6) is 3.40. The molecule has 2 aromatic carbocycles. The van der Waals surface area contributed by atoms with E-state index >= 15 is 0 Å². The van der Waals surface area contributed by atoms with Crippen molar-refractivity contribution in [1.82, 2.24) is 20.6 Å². The van der Waals surface area contributed by atoms with Crippen molar-refractivity contribution >= 4 is 11.8 Å². The van der Waals surface area contributed by atoms with Gasteiger partial charge in [0.05, 0.1) is 30.6 Å². The fourth-order valence-electron chi connectivity index (χ4n) is 4.09. The molecule has 2 atom stereocenters. The molecule has 0 saturated heterocycles. The quantitative estimate of drug-likeness (QED) is 0.129. The van der Waals surface area contributed by atoms with Crippen LogP contribution in [0.2, 0.25) is 0 Å². The fraction of sp³-hybridized carbons (Fsp3) is 0.314. The van der Waals surface area contributed by atoms with Gasteiger partial charge in [0.25, 0.3) is 0 Å². The summed E-state index contributed by atoms with van der Waals surface area (Å²) in [4.78, 5) is 33.2. The van der Waals surface area contributed by atoms with E-state index in [-0.39, 0.29) is 61.8 Å². The van der Waals surface area contributed by atoms with Gasteiger partial charge in [-0.25, -0.2) is 9.97 Å². The zero-order valence-electron chi connectivity index (χ0n) is 26.8. The van der Waals surface area contributed by atoms with Crippen LogP contribution in [0.15, 0.2) is 85.2 Å². The molecule has 2 aromatic heterocycles. The minimum atomic E-state index is -0.291. The molecular formula is C35H40N4O8. The van der Waals surface area contributed by atoms with E-state index in [1.165, 1.54) is 18.3 Å². The molecule has 12 nitrogen and oxygen atoms in total. The molecule has 0 saturated carbocycles. The third kappa shape index (κ3) is 12.4. The van der Waals surface area contributed by atoms with Crippen LogP contribution in [0.25, 0.3) is 0 Å². The molecule has 0 aliphatic heterocycles. The molecule has 0 fully saturated rings. The summed E-state index contributed by atoms with van der Waals surface area (Å²) in [5.41, 5.74) is 0. The van der Waals surface area contributed by atoms with Crippen molar-refractivity contribution in [3.8, 4) is 46.3 Å². The summed E-state index contributed by atoms with van der Waals surface area (Å²) in [7, 11) is 0. The van der Waals surface area contributed by atoms with Crippen LogP contribution in [-0.4, -0.2) is 58.3 Å². The van der Waals surface area contributed by atoms with Gasteiger partial charge in [-0.2, -0.15) is 0 Å². The first-order valence-electron chi connectivity index (χ1n) is 15.3. The van der Waals surface area contributed by atoms with Crippen LogP contribution in [0.1, 0.15) is 40.5 Å². The predicted octanol–water partition coefficient (Wildman–Crippen LogP) is 5.80. The Morgan fingerprint density at radius 2 is 1.02 bits per heavy atom. The largest absolute Gasteiger partial charge is 0.508 e. The first-order chi connectivity index (χ1) is 22.6. The molecule has 3 N–H and O–H groups in total. The number of rotatable bonds is 17. The van der Waals surface area contributed by atoms with E-state index in [2.05, 4.69) is 20.6 Å². The van der Waals surface area contributed by atoms with E-state index in [0.29, 0.717) is 34.8 Å². The minimum Gasteiger partial charge on any atom is -0.508 e. The Morgan fingerprint density at radius 3 is 1.43 bits per heavy atom. The molecule has 2 amide bonds. The standard InChI is InChI=1S/C35H40N4O8/c1-23(2)45-27-9-11-29(12-10-27)47-35-18-14-31(20-37-35)44-22-25(4)39-33(42)16-15-32(41)38-24(3)21-43-30-13-17-34(36-19-30)46-28-7-5-26(40)6-8-28/h5-14,17-20,23-25,40H,15-16,21-22H2,1-4H3,(H,38,41)(H,39,42)/t24-,25-/m0/s1. The topological polar surface area (TPSA) is 150 Å². The Balaban J connectivity index is 1.08. The smallest absolute Gasteiger partial charge is 0.220 e. The first kappa shape index (κ1) is 34.4. The van der Waals surface area contributed by atoms with Crippen LogP contribution in [0, 0.1) is 0 Å². The average Bonchev–Trinajstić information content (AvgIpc) is 3.05. The van der Waals surface area contributed by atoms with Gasteiger partial charge in [-0.3, -0.25) is 9.59 Å². The van der Waals surface area contributed by atoms with Crippen molar-refractivity contribution in [3.63, 3.8) is 0 Å². The van der Waals surface area contributed by atoms with Gasteiger partial charge in [-0.1, -0.05) is 0 Å². The SMILES string of the molecule is CC(C)Oc1ccc(Oc2ccc(OC[C@H](C)NC(=O)CCC(=O)N[C@@H](C)COc3ccc(Oc4ccc(O)cc4)nc3)cn2)cc1. The molecule has 0 unspecified atom stereocenters. The maximum atomic E-state index is 12.4. The molecule has 0 bridgehead atoms. The summed E-state index contributed by atoms with van der Waals surface area (Å²) < 4.78 is 28.5. The Hall–Kier alpha value is -5.52. The van der Waals surface area contributed by atoms with E-state index in [4.69, 9.17) is 23.7 Å². The third-order valence-electron chi connectivity index (χ3n) is 6.29. The van der Waals surface area contributed by atoms with Crippen molar-refractivity contribution in [1.29, 1.82) is 0 Å². The monoisotopic (exact) mass is 644 g/mol. The van der Waals surface area contributed by atoms with Crippen LogP contribution in [0.3, 0.4) is 0 Å². The number of amides is 2. The number of nitrogens with zero attached hydrogens (tertiary/aromatic N) is 2. The van der Waals surface area contributed by atoms with Crippen LogP contribution in [0.5, 0.6) is 46.3 Å². The molecule has 0 aliphatic carbocycles. The number of carbonyl (C=O) groups excluding carboxylic acids is 2. The lowest BCUT2D eigenvalue weighted by molar-refractivity contribution is -0.127. The second-order valence-electron chi connectivity index (χ2n) is 11.1. The van der Waals surface area contributed by atoms with Crippen molar-refractivity contribution in [3.05, 3.63) is 85.2 Å². The molecule has 12 heteroatoms. The zero-order chi connectivity index (χ0) is 33.6. The van der Waals surface area contributed by atoms with E-state index < -0.39 is 0 Å². The van der Waals surface area contributed by atoms with Crippen molar-refractivity contribution in [2.75, 3.05) is 13.2 Å². The van der Waals surface area contributed by atoms with E-state index in [9.17, 15) is 14.7 Å². The highest BCUT2D eigenvalue weighted by atomic mass is 16.5. The number of carbonyl (C=O) groups is 2. The van der Waals surface area contributed by atoms with Crippen molar-refractivity contribution in [2.24, 2.45) is 0 Å². The maximum absolute atomic E-state index is 12.4. The predicted molar refractivity (Wildman–Crippen MR) is 174 cm³/mol. The van der Waals surface area contributed by atoms with Gasteiger partial charge >= 0.3 is 0 Å². The Kier molecular flexibility index (Phi) is 12.6. The Labute approximate surface area is 274 Å². The summed E-state index contributed by atoms with van der Waals surface area (Å²) in [6.45, 7) is 8.00. The Morgan fingerprint density at radius 1 is 0.617 bits per heavy atom. The number of benzene rings is 2. The molecule has 4 aromatic rings. The molecule has 248 valence electrons. The molecule has 0 spiro atoms. The van der Waals surface area contributed by atoms with Gasteiger partial charge < -0.3 is 39.4 Å². The molecule has 0 aliphatic rings. The maximum Gasteiger partial charge on any atom is 0.220 e. The number of pyridine rings is 2. The molecule has 2 heterocycles. The lowest BCUT2D eigenvalue weighted by Gasteiger charge is -2.16. The van der Waals surface area contributed by atoms with Gasteiger partial charge in [0.15, 0.2) is 0 Å². The number of ether oxygens (including phenoxy) is 5. The van der Waals surface area contributed by atoms with Crippen LogP contribution >= 0.6 is 0 Å². The van der Waals surface area contributed by atoms with Crippen LogP contribution in [0.4, 0.5) is 0 Å². The second kappa shape index (κ2) is 17.2. The van der Waals surface area contributed by atoms with Crippen molar-refractivity contribution < 1.29 is 38.4 Å². The lowest BCUT2D eigenvalue weighted by atomic mass is 10.2. The van der Waals surface area contributed by atoms with Crippen molar-refractivity contribution in [2.45, 2.75) is 58.7 Å². The van der Waals surface area contributed by atoms with Gasteiger partial charge in [0, 0.05) is 25.0 Å². The van der Waals surface area contributed by atoms with Crippen LogP contribution in [-0.2, 0) is 9.59 Å². The fourth-order valence-corrected chi connectivity index (χ4v) is 4.09. The summed E-state index contributed by atoms with van der Waals surface area (Å²) >= 11 is 0. The average molecular weight is 645 g/mol. The molecule has 47 heavy (non-hydrogen) atoms. The Bertz CT molecular complexity index is 1550. The number of hydrogen-bond acceptors (Lipinski definition) is 10. The number of aromatic nitrogens is 2. The number of hydrogen-bond donors (Lipinski definition) is 3. The number of phenols is 1. The highest BCUT2D eigenvalue weighted by Crippen LogP contribution is 2.25. The molecular weight excluding hydrogens is 604 g/mol. The molecule has 0 radical (unpaired) electrons. The first-order valence-corrected chi connectivity index (χ1v) is 15.3. The van der Waals surface area contributed by atoms with E-state index in [1.54, 1.807) is 49.5 Å². The number of phenolic OH excluding ortho intramolecular Hbond substituents is 1. The third-order valence-corrected chi connectivity index (χ3v) is 6.29. The number of aromatic hydroxyl groups is 1. The zero-order valence-corrected chi connectivity index (χ0v) is 26.8. The summed E-state index contributed by atoms with van der Waals surface area (Å²) in [6.07, 6.45) is 3.23. The number of nitrogens with one attached hydrogen (secondary N) is 2. The van der Waals surface area contributed by atoms with Gasteiger partial charge in [0.1, 0.15) is 47.7 Å². The van der Waals surface area contributed by atoms with Gasteiger partial charge in [-0.05, 0) is 88.4 Å². The van der Waals surface area contributed by atoms with E-state index in [1.807, 2.05) is 45.0 Å². The van der Waals surface area contributed by atoms with Gasteiger partial charge in [-0.15, -0.1) is 0 Å². The minimum absolute atomic E-state index is 0.0352. The highest BCUT2D eigenvalue weighted by molar-refractivity contribution is 5.83. The lowest BCUT2D eigenvalue weighted by Crippen LogP contribution is -2.39. The van der Waals surface area contributed by atoms with Crippen LogP contribution < -0.4 is 34.3 Å².